The number of carbonyl (C=O) groups excluding carboxylic acids is 1. The van der Waals surface area contributed by atoms with Crippen LogP contribution in [0.25, 0.3) is 22.2 Å². The molecule has 1 amide bonds. The van der Waals surface area contributed by atoms with Gasteiger partial charge in [0.05, 0.1) is 24.9 Å². The Hall–Kier alpha value is -2.78. The molecule has 0 spiro atoms. The second-order valence-electron chi connectivity index (χ2n) is 6.62. The molecule has 0 unspecified atom stereocenters. The zero-order valence-electron chi connectivity index (χ0n) is 16.2. The van der Waals surface area contributed by atoms with Gasteiger partial charge in [-0.25, -0.2) is 4.98 Å². The highest BCUT2D eigenvalue weighted by atomic mass is 79.9. The lowest BCUT2D eigenvalue weighted by Gasteiger charge is -2.19. The number of thiazole rings is 1. The minimum Gasteiger partial charge on any atom is -0.459 e. The van der Waals surface area contributed by atoms with E-state index in [2.05, 4.69) is 31.1 Å². The highest BCUT2D eigenvalue weighted by molar-refractivity contribution is 9.10. The van der Waals surface area contributed by atoms with Crippen molar-refractivity contribution in [2.45, 2.75) is 26.3 Å². The van der Waals surface area contributed by atoms with Crippen molar-refractivity contribution < 1.29 is 13.6 Å². The van der Waals surface area contributed by atoms with Gasteiger partial charge >= 0.3 is 0 Å². The van der Waals surface area contributed by atoms with Crippen LogP contribution in [-0.2, 0) is 17.8 Å². The molecular weight excluding hydrogens is 468 g/mol. The molecule has 154 valence electrons. The Balaban J connectivity index is 1.44. The number of furan rings is 1. The number of hydrogen-bond acceptors (Lipinski definition) is 7. The zero-order chi connectivity index (χ0) is 20.9. The summed E-state index contributed by atoms with van der Waals surface area (Å²) in [5, 5.41) is 10.9. The Bertz CT molecular complexity index is 1120. The van der Waals surface area contributed by atoms with Gasteiger partial charge in [-0.05, 0) is 30.7 Å². The minimum absolute atomic E-state index is 0.0271. The van der Waals surface area contributed by atoms with Gasteiger partial charge in [0, 0.05) is 22.0 Å². The highest BCUT2D eigenvalue weighted by Gasteiger charge is 2.19. The fourth-order valence-electron chi connectivity index (χ4n) is 2.95. The molecule has 30 heavy (non-hydrogen) atoms. The number of halogens is 1. The van der Waals surface area contributed by atoms with E-state index in [0.29, 0.717) is 24.1 Å². The van der Waals surface area contributed by atoms with Crippen molar-refractivity contribution in [1.82, 2.24) is 20.1 Å². The first-order chi connectivity index (χ1) is 14.6. The van der Waals surface area contributed by atoms with E-state index in [1.165, 1.54) is 11.3 Å². The third kappa shape index (κ3) is 4.85. The van der Waals surface area contributed by atoms with E-state index in [-0.39, 0.29) is 18.9 Å². The minimum atomic E-state index is -0.0271. The molecule has 3 aromatic heterocycles. The van der Waals surface area contributed by atoms with E-state index in [0.717, 1.165) is 27.2 Å². The van der Waals surface area contributed by atoms with Gasteiger partial charge in [-0.2, -0.15) is 0 Å². The molecule has 0 aliphatic heterocycles. The summed E-state index contributed by atoms with van der Waals surface area (Å²) in [6, 6.07) is 11.5. The van der Waals surface area contributed by atoms with E-state index in [9.17, 15) is 4.79 Å². The van der Waals surface area contributed by atoms with Gasteiger partial charge in [0.15, 0.2) is 5.76 Å². The van der Waals surface area contributed by atoms with Crippen LogP contribution in [-0.4, -0.2) is 32.5 Å². The van der Waals surface area contributed by atoms with Crippen LogP contribution in [0.3, 0.4) is 0 Å². The second kappa shape index (κ2) is 9.36. The molecule has 0 radical (unpaired) electrons. The fourth-order valence-corrected chi connectivity index (χ4v) is 4.17. The summed E-state index contributed by atoms with van der Waals surface area (Å²) in [4.78, 5) is 19.3. The van der Waals surface area contributed by atoms with Crippen molar-refractivity contribution in [1.29, 1.82) is 0 Å². The first kappa shape index (κ1) is 20.5. The van der Waals surface area contributed by atoms with E-state index in [4.69, 9.17) is 8.83 Å². The van der Waals surface area contributed by atoms with Crippen molar-refractivity contribution in [3.8, 4) is 22.2 Å². The molecule has 0 atom stereocenters. The molecule has 0 fully saturated rings. The molecule has 7 nitrogen and oxygen atoms in total. The van der Waals surface area contributed by atoms with Gasteiger partial charge in [-0.3, -0.25) is 4.79 Å². The summed E-state index contributed by atoms with van der Waals surface area (Å²) in [6.07, 6.45) is 2.59. The van der Waals surface area contributed by atoms with E-state index in [1.54, 1.807) is 23.3 Å². The maximum absolute atomic E-state index is 12.9. The van der Waals surface area contributed by atoms with Crippen LogP contribution in [0.15, 0.2) is 61.3 Å². The molecule has 0 saturated carbocycles. The molecule has 4 rings (SSSR count). The fraction of sp³-hybridized carbons (Fsp3) is 0.238. The Morgan fingerprint density at radius 2 is 2.13 bits per heavy atom. The molecule has 0 bridgehead atoms. The van der Waals surface area contributed by atoms with Gasteiger partial charge in [0.2, 0.25) is 11.8 Å². The molecule has 0 aliphatic rings. The first-order valence-corrected chi connectivity index (χ1v) is 11.1. The van der Waals surface area contributed by atoms with Crippen LogP contribution in [0.2, 0.25) is 0 Å². The summed E-state index contributed by atoms with van der Waals surface area (Å²) in [5.41, 5.74) is 1.78. The predicted octanol–water partition coefficient (Wildman–Crippen LogP) is 5.20. The Labute approximate surface area is 185 Å². The Morgan fingerprint density at radius 3 is 2.90 bits per heavy atom. The summed E-state index contributed by atoms with van der Waals surface area (Å²) < 4.78 is 11.9. The quantitative estimate of drug-likeness (QED) is 0.340. The van der Waals surface area contributed by atoms with Gasteiger partial charge in [0.25, 0.3) is 5.89 Å². The number of amides is 1. The van der Waals surface area contributed by atoms with Gasteiger partial charge in [-0.15, -0.1) is 21.5 Å². The normalized spacial score (nSPS) is 11.0. The van der Waals surface area contributed by atoms with E-state index < -0.39 is 0 Å². The predicted molar refractivity (Wildman–Crippen MR) is 117 cm³/mol. The van der Waals surface area contributed by atoms with Crippen molar-refractivity contribution in [3.63, 3.8) is 0 Å². The summed E-state index contributed by atoms with van der Waals surface area (Å²) in [7, 11) is 0. The Morgan fingerprint density at radius 1 is 1.23 bits per heavy atom. The summed E-state index contributed by atoms with van der Waals surface area (Å²) in [6.45, 7) is 2.87. The Kier molecular flexibility index (Phi) is 6.39. The molecule has 0 N–H and O–H groups in total. The maximum Gasteiger partial charge on any atom is 0.283 e. The van der Waals surface area contributed by atoms with E-state index in [1.807, 2.05) is 36.6 Å². The second-order valence-corrected chi connectivity index (χ2v) is 8.40. The van der Waals surface area contributed by atoms with Crippen LogP contribution in [0, 0.1) is 0 Å². The summed E-state index contributed by atoms with van der Waals surface area (Å²) in [5.74, 6) is 1.15. The third-order valence-electron chi connectivity index (χ3n) is 4.33. The lowest BCUT2D eigenvalue weighted by Crippen LogP contribution is -2.32. The van der Waals surface area contributed by atoms with Gasteiger partial charge < -0.3 is 13.7 Å². The number of benzene rings is 1. The molecule has 3 heterocycles. The number of carbonyl (C=O) groups is 1. The topological polar surface area (TPSA) is 85.3 Å². The molecular formula is C21H19BrN4O3S. The molecule has 1 aromatic carbocycles. The van der Waals surface area contributed by atoms with Crippen molar-refractivity contribution in [3.05, 3.63) is 64.1 Å². The van der Waals surface area contributed by atoms with Gasteiger partial charge in [-0.1, -0.05) is 35.0 Å². The first-order valence-electron chi connectivity index (χ1n) is 9.46. The summed E-state index contributed by atoms with van der Waals surface area (Å²) >= 11 is 5.01. The molecule has 0 aliphatic carbocycles. The largest absolute Gasteiger partial charge is 0.459 e. The number of nitrogens with zero attached hydrogens (tertiary/aromatic N) is 4. The van der Waals surface area contributed by atoms with Crippen LogP contribution in [0.5, 0.6) is 0 Å². The number of rotatable bonds is 8. The third-order valence-corrected chi connectivity index (χ3v) is 5.76. The van der Waals surface area contributed by atoms with E-state index >= 15 is 0 Å². The number of aromatic nitrogens is 3. The molecule has 0 saturated heterocycles. The highest BCUT2D eigenvalue weighted by Crippen LogP contribution is 2.26. The van der Waals surface area contributed by atoms with Crippen LogP contribution >= 0.6 is 27.3 Å². The molecule has 4 aromatic rings. The smallest absolute Gasteiger partial charge is 0.283 e. The maximum atomic E-state index is 12.9. The average molecular weight is 487 g/mol. The molecule has 9 heteroatoms. The van der Waals surface area contributed by atoms with Crippen molar-refractivity contribution >= 4 is 33.2 Å². The lowest BCUT2D eigenvalue weighted by atomic mass is 10.2. The monoisotopic (exact) mass is 486 g/mol. The van der Waals surface area contributed by atoms with Gasteiger partial charge in [0.1, 0.15) is 5.01 Å². The van der Waals surface area contributed by atoms with Crippen molar-refractivity contribution in [2.24, 2.45) is 0 Å². The number of hydrogen-bond donors (Lipinski definition) is 0. The van der Waals surface area contributed by atoms with Crippen LogP contribution in [0.1, 0.15) is 24.9 Å². The van der Waals surface area contributed by atoms with Crippen LogP contribution in [0.4, 0.5) is 0 Å². The van der Waals surface area contributed by atoms with Crippen LogP contribution < -0.4 is 0 Å². The zero-order valence-corrected chi connectivity index (χ0v) is 18.6. The SMILES string of the molecule is CCCN(Cc1nnc(-c2ccco2)o1)C(=O)Cc1csc(-c2cccc(Br)c2)n1. The lowest BCUT2D eigenvalue weighted by molar-refractivity contribution is -0.131. The van der Waals surface area contributed by atoms with Crippen molar-refractivity contribution in [2.75, 3.05) is 6.54 Å². The average Bonchev–Trinajstić information content (AvgIpc) is 3.49. The standard InChI is InChI=1S/C21H19BrN4O3S/c1-2-8-26(12-18-24-25-20(29-18)17-7-4-9-28-17)19(27)11-16-13-30-21(23-16)14-5-3-6-15(22)10-14/h3-7,9-10,13H,2,8,11-12H2,1H3.